The minimum Gasteiger partial charge on any atom is -0.539 e. The molecule has 0 spiro atoms. The van der Waals surface area contributed by atoms with Crippen molar-refractivity contribution in [1.29, 1.82) is 0 Å². The van der Waals surface area contributed by atoms with E-state index in [4.69, 9.17) is 22.5 Å². The fourth-order valence-corrected chi connectivity index (χ4v) is 6.82. The van der Waals surface area contributed by atoms with Gasteiger partial charge in [0.2, 0.25) is 5.91 Å². The van der Waals surface area contributed by atoms with Gasteiger partial charge in [-0.15, -0.1) is 11.3 Å². The van der Waals surface area contributed by atoms with Crippen molar-refractivity contribution in [2.24, 2.45) is 16.5 Å². The second kappa shape index (κ2) is 12.8. The molecule has 3 atom stereocenters. The van der Waals surface area contributed by atoms with Crippen LogP contribution in [0.1, 0.15) is 51.7 Å². The van der Waals surface area contributed by atoms with Gasteiger partial charge in [0.05, 0.1) is 10.9 Å². The maximum Gasteiger partial charge on any atom is 0.378 e. The predicted molar refractivity (Wildman–Crippen MR) is 148 cm³/mol. The molecule has 2 radical (unpaired) electrons. The quantitative estimate of drug-likeness (QED) is 0.101. The van der Waals surface area contributed by atoms with Gasteiger partial charge in [-0.2, -0.15) is 9.59 Å². The molecule has 2 aliphatic rings. The number of carbonyl (C=O) groups is 3. The predicted octanol–water partition coefficient (Wildman–Crippen LogP) is 2.24. The van der Waals surface area contributed by atoms with Crippen LogP contribution in [-0.4, -0.2) is 72.8 Å². The lowest BCUT2D eigenvalue weighted by molar-refractivity contribution is -0.191. The third-order valence-electron chi connectivity index (χ3n) is 6.48. The van der Waals surface area contributed by atoms with Crippen LogP contribution in [0.4, 0.5) is 0 Å². The number of hydrogen-bond acceptors (Lipinski definition) is 11. The van der Waals surface area contributed by atoms with Crippen LogP contribution in [0.5, 0.6) is 0 Å². The highest BCUT2D eigenvalue weighted by atomic mass is 127. The number of Topliss-reactive ketones (excluding diaryl/α,β-unsaturated/α-hetero) is 1. The summed E-state index contributed by atoms with van der Waals surface area (Å²) in [6, 6.07) is 0. The molecule has 0 N–H and O–H groups in total. The molecule has 0 saturated carbocycles. The molecule has 0 bridgehead atoms. The van der Waals surface area contributed by atoms with Gasteiger partial charge in [0.15, 0.2) is 11.5 Å². The SMILES string of the molecule is O=C=O.[B]OC(=O)C1=C(CI)CS(=O)[C@@H]2[C@H](CC(=O)/C(=N/OC(C)(C)C(C)(C)C)c3csc(C)n3)C(=O)N12. The number of alkyl halides is 1. The first-order chi connectivity index (χ1) is 17.6. The lowest BCUT2D eigenvalue weighted by Crippen LogP contribution is -2.66. The van der Waals surface area contributed by atoms with Crippen molar-refractivity contribution in [1.82, 2.24) is 9.88 Å². The van der Waals surface area contributed by atoms with E-state index >= 15 is 0 Å². The Morgan fingerprint density at radius 1 is 1.32 bits per heavy atom. The van der Waals surface area contributed by atoms with Gasteiger partial charge in [-0.3, -0.25) is 18.7 Å². The van der Waals surface area contributed by atoms with Crippen LogP contribution in [-0.2, 0) is 44.3 Å². The first-order valence-corrected chi connectivity index (χ1v) is 15.0. The van der Waals surface area contributed by atoms with Gasteiger partial charge in [-0.25, -0.2) is 9.78 Å². The number of aryl methyl sites for hydroxylation is 1. The molecule has 1 aromatic rings. The molecule has 1 saturated heterocycles. The van der Waals surface area contributed by atoms with Gasteiger partial charge in [-0.1, -0.05) is 48.5 Å². The second-order valence-corrected chi connectivity index (χ2v) is 13.3. The number of oxime groups is 1. The Labute approximate surface area is 241 Å². The van der Waals surface area contributed by atoms with Crippen molar-refractivity contribution >= 4 is 82.3 Å². The molecule has 204 valence electrons. The number of thiazole rings is 1. The van der Waals surface area contributed by atoms with Crippen molar-refractivity contribution < 1.29 is 37.7 Å². The summed E-state index contributed by atoms with van der Waals surface area (Å²) in [5, 5.41) is 5.83. The molecular weight excluding hydrogens is 648 g/mol. The average molecular weight is 675 g/mol. The molecule has 2 aliphatic heterocycles. The summed E-state index contributed by atoms with van der Waals surface area (Å²) in [6.45, 7) is 11.6. The van der Waals surface area contributed by atoms with E-state index in [2.05, 4.69) is 14.8 Å². The van der Waals surface area contributed by atoms with E-state index in [-0.39, 0.29) is 35.1 Å². The number of β-lactam (4-membered cyclic amide) rings is 1. The van der Waals surface area contributed by atoms with Crippen molar-refractivity contribution in [2.75, 3.05) is 10.2 Å². The summed E-state index contributed by atoms with van der Waals surface area (Å²) in [5.41, 5.74) is -0.0794. The molecule has 1 unspecified atom stereocenters. The standard InChI is InChI=1S/C22H27BIN3O6S2.CO2/c1-11-25-14(9-34-11)16(26-33-22(5,6)21(2,3)4)15(28)7-13-18(29)27-17(20(30)32-23)12(8-24)10-35(31)19(13)27;2-1-3/h9,13,19H,7-8,10H2,1-6H3;/b26-16+;/t13-,19-,35?;/m1./s1. The highest BCUT2D eigenvalue weighted by Gasteiger charge is 2.57. The third kappa shape index (κ3) is 6.67. The number of ketones is 1. The topological polar surface area (TPSA) is 149 Å². The molecule has 0 aromatic carbocycles. The number of rotatable bonds is 8. The largest absolute Gasteiger partial charge is 0.539 e. The van der Waals surface area contributed by atoms with Gasteiger partial charge >= 0.3 is 20.2 Å². The highest BCUT2D eigenvalue weighted by Crippen LogP contribution is 2.41. The number of fused-ring (bicyclic) bond motifs is 1. The van der Waals surface area contributed by atoms with Crippen LogP contribution in [0.15, 0.2) is 21.8 Å². The Hall–Kier alpha value is -2.23. The minimum atomic E-state index is -1.49. The van der Waals surface area contributed by atoms with E-state index in [0.717, 1.165) is 9.91 Å². The van der Waals surface area contributed by atoms with E-state index < -0.39 is 45.4 Å². The fourth-order valence-electron chi connectivity index (χ4n) is 3.45. The molecule has 15 heteroatoms. The van der Waals surface area contributed by atoms with E-state index in [9.17, 15) is 18.6 Å². The lowest BCUT2D eigenvalue weighted by Gasteiger charge is -2.49. The molecule has 38 heavy (non-hydrogen) atoms. The zero-order chi connectivity index (χ0) is 29.0. The number of amides is 1. The van der Waals surface area contributed by atoms with Gasteiger partial charge in [0, 0.05) is 38.2 Å². The normalized spacial score (nSPS) is 21.4. The van der Waals surface area contributed by atoms with Crippen molar-refractivity contribution in [3.63, 3.8) is 0 Å². The monoisotopic (exact) mass is 675 g/mol. The molecule has 11 nitrogen and oxygen atoms in total. The average Bonchev–Trinajstić information content (AvgIpc) is 3.26. The van der Waals surface area contributed by atoms with Crippen molar-refractivity contribution in [2.45, 2.75) is 58.9 Å². The zero-order valence-corrected chi connectivity index (χ0v) is 25.5. The van der Waals surface area contributed by atoms with Crippen molar-refractivity contribution in [3.05, 3.63) is 27.4 Å². The number of carbonyl (C=O) groups excluding carboxylic acids is 5. The van der Waals surface area contributed by atoms with Gasteiger partial charge < -0.3 is 9.49 Å². The summed E-state index contributed by atoms with van der Waals surface area (Å²) in [7, 11) is 3.57. The van der Waals surface area contributed by atoms with Crippen LogP contribution >= 0.6 is 33.9 Å². The molecule has 3 heterocycles. The molecular formula is C23H27BIN3O8S2. The van der Waals surface area contributed by atoms with E-state index in [1.54, 1.807) is 5.38 Å². The van der Waals surface area contributed by atoms with E-state index in [1.165, 1.54) is 11.3 Å². The molecule has 1 aromatic heterocycles. The number of hydrogen-bond donors (Lipinski definition) is 0. The van der Waals surface area contributed by atoms with Crippen LogP contribution in [0.3, 0.4) is 0 Å². The summed E-state index contributed by atoms with van der Waals surface area (Å²) in [5.74, 6) is -2.58. The van der Waals surface area contributed by atoms with Gasteiger partial charge in [0.25, 0.3) is 0 Å². The first kappa shape index (κ1) is 32.0. The molecule has 1 amide bonds. The van der Waals surface area contributed by atoms with Crippen LogP contribution in [0, 0.1) is 18.3 Å². The van der Waals surface area contributed by atoms with Crippen LogP contribution < -0.4 is 0 Å². The van der Waals surface area contributed by atoms with E-state index in [1.807, 2.05) is 64.1 Å². The first-order valence-electron chi connectivity index (χ1n) is 11.3. The Balaban J connectivity index is 0.00000161. The van der Waals surface area contributed by atoms with Crippen molar-refractivity contribution in [3.8, 4) is 0 Å². The van der Waals surface area contributed by atoms with Crippen LogP contribution in [0.2, 0.25) is 0 Å². The fraction of sp³-hybridized carbons (Fsp3) is 0.565. The number of halogens is 1. The Morgan fingerprint density at radius 3 is 2.39 bits per heavy atom. The number of nitrogens with zero attached hydrogens (tertiary/aromatic N) is 3. The van der Waals surface area contributed by atoms with Gasteiger partial charge in [0.1, 0.15) is 22.4 Å². The maximum atomic E-state index is 13.4. The van der Waals surface area contributed by atoms with Gasteiger partial charge in [-0.05, 0) is 26.3 Å². The molecule has 3 rings (SSSR count). The molecule has 0 aliphatic carbocycles. The summed E-state index contributed by atoms with van der Waals surface area (Å²) in [4.78, 5) is 66.3. The molecule has 1 fully saturated rings. The minimum absolute atomic E-state index is 0.00426. The number of aromatic nitrogens is 1. The summed E-state index contributed by atoms with van der Waals surface area (Å²) >= 11 is 3.39. The summed E-state index contributed by atoms with van der Waals surface area (Å²) < 4.78 is 17.7. The van der Waals surface area contributed by atoms with Crippen LogP contribution in [0.25, 0.3) is 0 Å². The smallest absolute Gasteiger partial charge is 0.378 e. The highest BCUT2D eigenvalue weighted by molar-refractivity contribution is 14.1. The van der Waals surface area contributed by atoms with E-state index in [0.29, 0.717) is 15.7 Å². The lowest BCUT2D eigenvalue weighted by atomic mass is 9.79. The Bertz CT molecular complexity index is 1230. The second-order valence-electron chi connectivity index (χ2n) is 9.98. The Kier molecular flexibility index (Phi) is 10.7. The Morgan fingerprint density at radius 2 is 1.92 bits per heavy atom. The third-order valence-corrected chi connectivity index (χ3v) is 9.88. The zero-order valence-electron chi connectivity index (χ0n) is 21.7. The maximum absolute atomic E-state index is 13.4. The summed E-state index contributed by atoms with van der Waals surface area (Å²) in [6.07, 6.45) is 0.00494.